The van der Waals surface area contributed by atoms with Gasteiger partial charge in [0.2, 0.25) is 0 Å². The molecule has 3 rings (SSSR count). The van der Waals surface area contributed by atoms with Gasteiger partial charge in [0.1, 0.15) is 5.54 Å². The van der Waals surface area contributed by atoms with Crippen molar-refractivity contribution in [3.63, 3.8) is 0 Å². The van der Waals surface area contributed by atoms with Crippen molar-refractivity contribution in [2.24, 2.45) is 0 Å². The molecule has 5 heteroatoms. The van der Waals surface area contributed by atoms with Crippen LogP contribution in [0.5, 0.6) is 0 Å². The smallest absolute Gasteiger partial charge is 0.325 e. The molecule has 0 spiro atoms. The molecule has 1 aliphatic heterocycles. The third kappa shape index (κ3) is 1.67. The molecule has 5 nitrogen and oxygen atoms in total. The van der Waals surface area contributed by atoms with E-state index in [4.69, 9.17) is 4.74 Å². The Morgan fingerprint density at radius 2 is 1.90 bits per heavy atom. The lowest BCUT2D eigenvalue weighted by atomic mass is 9.75. The summed E-state index contributed by atoms with van der Waals surface area (Å²) in [7, 11) is 1.56. The highest BCUT2D eigenvalue weighted by Gasteiger charge is 2.64. The average Bonchev–Trinajstić information content (AvgIpc) is 2.67. The van der Waals surface area contributed by atoms with Crippen molar-refractivity contribution in [2.45, 2.75) is 31.5 Å². The van der Waals surface area contributed by atoms with E-state index in [1.165, 1.54) is 0 Å². The molecule has 2 unspecified atom stereocenters. The first-order valence-electron chi connectivity index (χ1n) is 6.89. The average molecular weight is 286 g/mol. The zero-order valence-electron chi connectivity index (χ0n) is 12.3. The molecule has 1 saturated heterocycles. The lowest BCUT2D eigenvalue weighted by molar-refractivity contribution is -0.121. The summed E-state index contributed by atoms with van der Waals surface area (Å²) in [6.45, 7) is 3.70. The van der Waals surface area contributed by atoms with Gasteiger partial charge in [-0.25, -0.2) is 4.79 Å². The number of hydrogen-bond donors (Lipinski definition) is 1. The summed E-state index contributed by atoms with van der Waals surface area (Å²) in [4.78, 5) is 26.3. The van der Waals surface area contributed by atoms with Crippen molar-refractivity contribution < 1.29 is 14.3 Å². The van der Waals surface area contributed by atoms with Crippen LogP contribution in [0, 0.1) is 0 Å². The number of rotatable bonds is 2. The first-order valence-corrected chi connectivity index (χ1v) is 6.89. The summed E-state index contributed by atoms with van der Waals surface area (Å²) in [5.74, 6) is 0.0000983. The highest BCUT2D eigenvalue weighted by atomic mass is 16.5. The van der Waals surface area contributed by atoms with Crippen molar-refractivity contribution >= 4 is 17.5 Å². The van der Waals surface area contributed by atoms with Crippen LogP contribution in [0.25, 0.3) is 0 Å². The molecule has 1 aliphatic carbocycles. The van der Waals surface area contributed by atoms with Crippen molar-refractivity contribution in [3.05, 3.63) is 42.0 Å². The zero-order valence-corrected chi connectivity index (χ0v) is 12.3. The molecule has 2 amide bonds. The standard InChI is InChI=1S/C16H18N2O3/c1-11-9-13(19)10-15(2)16(11,21-3)17-14(20)18(15)12-7-5-4-6-8-12/h4-9H,10H2,1-3H3,(H,17,20). The van der Waals surface area contributed by atoms with Crippen LogP contribution >= 0.6 is 0 Å². The minimum atomic E-state index is -0.978. The number of para-hydroxylation sites is 1. The van der Waals surface area contributed by atoms with Crippen LogP contribution < -0.4 is 10.2 Å². The normalized spacial score (nSPS) is 31.8. The summed E-state index contributed by atoms with van der Waals surface area (Å²) in [6, 6.07) is 9.08. The number of hydrogen-bond acceptors (Lipinski definition) is 3. The summed E-state index contributed by atoms with van der Waals surface area (Å²) >= 11 is 0. The predicted octanol–water partition coefficient (Wildman–Crippen LogP) is 2.24. The Labute approximate surface area is 123 Å². The Kier molecular flexibility index (Phi) is 2.92. The number of nitrogens with one attached hydrogen (secondary N) is 1. The van der Waals surface area contributed by atoms with Crippen LogP contribution in [0.15, 0.2) is 42.0 Å². The number of carbonyl (C=O) groups excluding carboxylic acids is 2. The molecule has 1 aromatic carbocycles. The minimum Gasteiger partial charge on any atom is -0.353 e. The fraction of sp³-hybridized carbons (Fsp3) is 0.375. The van der Waals surface area contributed by atoms with Gasteiger partial charge in [0.05, 0.1) is 0 Å². The van der Waals surface area contributed by atoms with E-state index in [0.29, 0.717) is 0 Å². The number of amides is 2. The Hall–Kier alpha value is -2.14. The molecule has 0 radical (unpaired) electrons. The van der Waals surface area contributed by atoms with E-state index in [1.54, 1.807) is 18.1 Å². The Morgan fingerprint density at radius 3 is 2.52 bits per heavy atom. The van der Waals surface area contributed by atoms with Crippen molar-refractivity contribution in [3.8, 4) is 0 Å². The van der Waals surface area contributed by atoms with Gasteiger partial charge in [0, 0.05) is 19.2 Å². The van der Waals surface area contributed by atoms with Crippen molar-refractivity contribution in [1.82, 2.24) is 5.32 Å². The highest BCUT2D eigenvalue weighted by Crippen LogP contribution is 2.47. The van der Waals surface area contributed by atoms with Crippen LogP contribution in [-0.4, -0.2) is 30.2 Å². The van der Waals surface area contributed by atoms with Gasteiger partial charge >= 0.3 is 6.03 Å². The monoisotopic (exact) mass is 286 g/mol. The maximum atomic E-state index is 12.6. The van der Waals surface area contributed by atoms with Gasteiger partial charge in [-0.3, -0.25) is 9.69 Å². The number of anilines is 1. The van der Waals surface area contributed by atoms with E-state index in [-0.39, 0.29) is 18.2 Å². The van der Waals surface area contributed by atoms with Gasteiger partial charge in [-0.2, -0.15) is 0 Å². The molecule has 1 aromatic rings. The molecule has 0 saturated carbocycles. The van der Waals surface area contributed by atoms with Gasteiger partial charge in [-0.1, -0.05) is 18.2 Å². The second-order valence-corrected chi connectivity index (χ2v) is 5.73. The number of nitrogens with zero attached hydrogens (tertiary/aromatic N) is 1. The van der Waals surface area contributed by atoms with Gasteiger partial charge in [0.25, 0.3) is 0 Å². The maximum Gasteiger partial charge on any atom is 0.325 e. The lowest BCUT2D eigenvalue weighted by Crippen LogP contribution is -2.63. The number of urea groups is 1. The van der Waals surface area contributed by atoms with E-state index >= 15 is 0 Å². The van der Waals surface area contributed by atoms with Crippen LogP contribution in [0.2, 0.25) is 0 Å². The van der Waals surface area contributed by atoms with Crippen molar-refractivity contribution in [2.75, 3.05) is 12.0 Å². The minimum absolute atomic E-state index is 0.0000983. The molecule has 2 atom stereocenters. The Morgan fingerprint density at radius 1 is 1.24 bits per heavy atom. The first kappa shape index (κ1) is 13.8. The van der Waals surface area contributed by atoms with Crippen LogP contribution in [-0.2, 0) is 9.53 Å². The molecular formula is C16H18N2O3. The SMILES string of the molecule is COC12NC(=O)N(c3ccccc3)C1(C)CC(=O)C=C2C. The molecule has 0 bridgehead atoms. The summed E-state index contributed by atoms with van der Waals surface area (Å²) in [5, 5.41) is 2.92. The van der Waals surface area contributed by atoms with Gasteiger partial charge in [-0.05, 0) is 37.6 Å². The molecule has 1 heterocycles. The molecule has 1 fully saturated rings. The number of fused-ring (bicyclic) bond motifs is 1. The molecule has 1 N–H and O–H groups in total. The van der Waals surface area contributed by atoms with E-state index in [1.807, 2.05) is 44.2 Å². The number of ether oxygens (including phenoxy) is 1. The molecule has 0 aromatic heterocycles. The van der Waals surface area contributed by atoms with Gasteiger partial charge in [0.15, 0.2) is 11.5 Å². The molecule has 21 heavy (non-hydrogen) atoms. The molecule has 2 aliphatic rings. The second-order valence-electron chi connectivity index (χ2n) is 5.73. The number of ketones is 1. The van der Waals surface area contributed by atoms with Crippen LogP contribution in [0.4, 0.5) is 10.5 Å². The molecule has 110 valence electrons. The van der Waals surface area contributed by atoms with E-state index in [9.17, 15) is 9.59 Å². The quantitative estimate of drug-likeness (QED) is 0.907. The third-order valence-electron chi connectivity index (χ3n) is 4.51. The number of allylic oxidation sites excluding steroid dienone is 1. The van der Waals surface area contributed by atoms with Gasteiger partial charge in [-0.15, -0.1) is 0 Å². The van der Waals surface area contributed by atoms with Gasteiger partial charge < -0.3 is 10.1 Å². The first-order chi connectivity index (χ1) is 9.94. The fourth-order valence-corrected chi connectivity index (χ4v) is 3.59. The maximum absolute atomic E-state index is 12.6. The summed E-state index contributed by atoms with van der Waals surface area (Å²) < 4.78 is 5.69. The third-order valence-corrected chi connectivity index (χ3v) is 4.51. The lowest BCUT2D eigenvalue weighted by Gasteiger charge is -2.46. The summed E-state index contributed by atoms with van der Waals surface area (Å²) in [6.07, 6.45) is 1.77. The van der Waals surface area contributed by atoms with Crippen LogP contribution in [0.3, 0.4) is 0 Å². The zero-order chi connectivity index (χ0) is 15.3. The largest absolute Gasteiger partial charge is 0.353 e. The highest BCUT2D eigenvalue weighted by molar-refractivity contribution is 6.03. The number of carbonyl (C=O) groups is 2. The summed E-state index contributed by atoms with van der Waals surface area (Å²) in [5.41, 5.74) is -0.307. The van der Waals surface area contributed by atoms with E-state index < -0.39 is 11.3 Å². The van der Waals surface area contributed by atoms with Crippen LogP contribution in [0.1, 0.15) is 20.3 Å². The van der Waals surface area contributed by atoms with Crippen molar-refractivity contribution in [1.29, 1.82) is 0 Å². The second kappa shape index (κ2) is 4.43. The number of benzene rings is 1. The van der Waals surface area contributed by atoms with E-state index in [2.05, 4.69) is 5.32 Å². The fourth-order valence-electron chi connectivity index (χ4n) is 3.59. The van der Waals surface area contributed by atoms with E-state index in [0.717, 1.165) is 11.3 Å². The molecular weight excluding hydrogens is 268 g/mol. The number of methoxy groups -OCH3 is 1. The topological polar surface area (TPSA) is 58.6 Å². The Balaban J connectivity index is 2.19. The predicted molar refractivity (Wildman–Crippen MR) is 79.0 cm³/mol. The Bertz CT molecular complexity index is 640.